The molecule has 0 bridgehead atoms. The Kier molecular flexibility index (Phi) is 4.78. The quantitative estimate of drug-likeness (QED) is 0.808. The average Bonchev–Trinajstić information content (AvgIpc) is 2.13. The van der Waals surface area contributed by atoms with E-state index in [2.05, 4.69) is 26.2 Å². The van der Waals surface area contributed by atoms with Crippen LogP contribution in [0.3, 0.4) is 0 Å². The van der Waals surface area contributed by atoms with Crippen LogP contribution in [0.15, 0.2) is 22.9 Å². The number of halogens is 1. The van der Waals surface area contributed by atoms with Crippen molar-refractivity contribution in [3.63, 3.8) is 0 Å². The molecule has 0 fully saturated rings. The molecular formula is C9H13BrN2O. The Morgan fingerprint density at radius 3 is 3.08 bits per heavy atom. The summed E-state index contributed by atoms with van der Waals surface area (Å²) in [6.07, 6.45) is 4.57. The van der Waals surface area contributed by atoms with Gasteiger partial charge in [0, 0.05) is 30.9 Å². The standard InChI is InChI=1S/C9H13BrN2O/c1-13-4-2-3-12-9-5-8(10)6-11-7-9/h5-7,12H,2-4H2,1H3. The fourth-order valence-electron chi connectivity index (χ4n) is 0.958. The van der Waals surface area contributed by atoms with Crippen LogP contribution < -0.4 is 5.32 Å². The molecule has 0 aliphatic heterocycles. The summed E-state index contributed by atoms with van der Waals surface area (Å²) < 4.78 is 5.93. The van der Waals surface area contributed by atoms with E-state index in [9.17, 15) is 0 Å². The second kappa shape index (κ2) is 5.94. The predicted octanol–water partition coefficient (Wildman–Crippen LogP) is 2.29. The van der Waals surface area contributed by atoms with E-state index in [4.69, 9.17) is 4.74 Å². The smallest absolute Gasteiger partial charge is 0.0538 e. The second-order valence-corrected chi connectivity index (χ2v) is 3.58. The molecule has 1 aromatic heterocycles. The number of nitrogens with zero attached hydrogens (tertiary/aromatic N) is 1. The Morgan fingerprint density at radius 1 is 1.54 bits per heavy atom. The molecule has 1 heterocycles. The van der Waals surface area contributed by atoms with Gasteiger partial charge in [-0.25, -0.2) is 0 Å². The largest absolute Gasteiger partial charge is 0.385 e. The predicted molar refractivity (Wildman–Crippen MR) is 56.9 cm³/mol. The minimum Gasteiger partial charge on any atom is -0.385 e. The SMILES string of the molecule is COCCCNc1cncc(Br)c1. The molecule has 1 N–H and O–H groups in total. The lowest BCUT2D eigenvalue weighted by molar-refractivity contribution is 0.198. The topological polar surface area (TPSA) is 34.1 Å². The van der Waals surface area contributed by atoms with Gasteiger partial charge in [-0.1, -0.05) is 0 Å². The monoisotopic (exact) mass is 244 g/mol. The van der Waals surface area contributed by atoms with Gasteiger partial charge in [0.05, 0.1) is 11.9 Å². The maximum atomic E-state index is 4.94. The summed E-state index contributed by atoms with van der Waals surface area (Å²) in [4.78, 5) is 4.04. The molecule has 4 heteroatoms. The number of anilines is 1. The number of hydrogen-bond acceptors (Lipinski definition) is 3. The zero-order chi connectivity index (χ0) is 9.52. The molecule has 0 amide bonds. The summed E-state index contributed by atoms with van der Waals surface area (Å²) in [6.45, 7) is 1.69. The van der Waals surface area contributed by atoms with E-state index >= 15 is 0 Å². The third-order valence-electron chi connectivity index (χ3n) is 1.56. The number of nitrogens with one attached hydrogen (secondary N) is 1. The fraction of sp³-hybridized carbons (Fsp3) is 0.444. The van der Waals surface area contributed by atoms with Crippen LogP contribution in [0.4, 0.5) is 5.69 Å². The molecule has 3 nitrogen and oxygen atoms in total. The summed E-state index contributed by atoms with van der Waals surface area (Å²) in [7, 11) is 1.71. The van der Waals surface area contributed by atoms with Crippen molar-refractivity contribution in [3.05, 3.63) is 22.9 Å². The van der Waals surface area contributed by atoms with Gasteiger partial charge in [0.15, 0.2) is 0 Å². The van der Waals surface area contributed by atoms with Gasteiger partial charge < -0.3 is 10.1 Å². The third kappa shape index (κ3) is 4.24. The van der Waals surface area contributed by atoms with Crippen molar-refractivity contribution in [2.24, 2.45) is 0 Å². The first-order valence-electron chi connectivity index (χ1n) is 4.16. The molecular weight excluding hydrogens is 232 g/mol. The minimum atomic E-state index is 0.786. The number of hydrogen-bond donors (Lipinski definition) is 1. The Bertz CT molecular complexity index is 255. The van der Waals surface area contributed by atoms with Gasteiger partial charge in [-0.2, -0.15) is 0 Å². The van der Waals surface area contributed by atoms with Gasteiger partial charge in [0.1, 0.15) is 0 Å². The second-order valence-electron chi connectivity index (χ2n) is 2.66. The maximum absolute atomic E-state index is 4.94. The molecule has 1 aromatic rings. The van der Waals surface area contributed by atoms with Crippen LogP contribution in [0.5, 0.6) is 0 Å². The van der Waals surface area contributed by atoms with E-state index in [-0.39, 0.29) is 0 Å². The lowest BCUT2D eigenvalue weighted by Crippen LogP contribution is -2.04. The van der Waals surface area contributed by atoms with Crippen LogP contribution in [0.25, 0.3) is 0 Å². The number of ether oxygens (including phenoxy) is 1. The van der Waals surface area contributed by atoms with E-state index in [1.807, 2.05) is 6.07 Å². The van der Waals surface area contributed by atoms with E-state index in [1.165, 1.54) is 0 Å². The zero-order valence-corrected chi connectivity index (χ0v) is 9.17. The van der Waals surface area contributed by atoms with Crippen molar-refractivity contribution in [1.82, 2.24) is 4.98 Å². The molecule has 0 unspecified atom stereocenters. The molecule has 0 aliphatic rings. The van der Waals surface area contributed by atoms with E-state index in [1.54, 1.807) is 19.5 Å². The zero-order valence-electron chi connectivity index (χ0n) is 7.59. The molecule has 0 atom stereocenters. The lowest BCUT2D eigenvalue weighted by atomic mass is 10.4. The Balaban J connectivity index is 2.28. The van der Waals surface area contributed by atoms with Gasteiger partial charge >= 0.3 is 0 Å². The molecule has 0 radical (unpaired) electrons. The minimum absolute atomic E-state index is 0.786. The molecule has 1 rings (SSSR count). The van der Waals surface area contributed by atoms with Gasteiger partial charge in [0.25, 0.3) is 0 Å². The van der Waals surface area contributed by atoms with Crippen LogP contribution in [0, 0.1) is 0 Å². The van der Waals surface area contributed by atoms with Crippen LogP contribution in [0.2, 0.25) is 0 Å². The van der Waals surface area contributed by atoms with E-state index in [0.29, 0.717) is 0 Å². The van der Waals surface area contributed by atoms with E-state index < -0.39 is 0 Å². The van der Waals surface area contributed by atoms with Crippen molar-refractivity contribution < 1.29 is 4.74 Å². The number of rotatable bonds is 5. The van der Waals surface area contributed by atoms with Crippen molar-refractivity contribution in [2.75, 3.05) is 25.6 Å². The molecule has 0 saturated heterocycles. The summed E-state index contributed by atoms with van der Waals surface area (Å²) in [6, 6.07) is 2.00. The number of methoxy groups -OCH3 is 1. The summed E-state index contributed by atoms with van der Waals surface area (Å²) >= 11 is 3.36. The summed E-state index contributed by atoms with van der Waals surface area (Å²) in [5.41, 5.74) is 1.03. The Labute approximate surface area is 86.6 Å². The van der Waals surface area contributed by atoms with Gasteiger partial charge in [0.2, 0.25) is 0 Å². The Hall–Kier alpha value is -0.610. The summed E-state index contributed by atoms with van der Waals surface area (Å²) in [5, 5.41) is 3.25. The number of pyridine rings is 1. The molecule has 13 heavy (non-hydrogen) atoms. The van der Waals surface area contributed by atoms with Crippen LogP contribution in [-0.4, -0.2) is 25.2 Å². The maximum Gasteiger partial charge on any atom is 0.0538 e. The highest BCUT2D eigenvalue weighted by Crippen LogP contribution is 2.13. The van der Waals surface area contributed by atoms with Crippen LogP contribution in [0.1, 0.15) is 6.42 Å². The summed E-state index contributed by atoms with van der Waals surface area (Å²) in [5.74, 6) is 0. The highest BCUT2D eigenvalue weighted by Gasteiger charge is 1.92. The first-order valence-corrected chi connectivity index (χ1v) is 4.95. The third-order valence-corrected chi connectivity index (χ3v) is 1.99. The molecule has 0 saturated carbocycles. The fourth-order valence-corrected chi connectivity index (χ4v) is 1.32. The average molecular weight is 245 g/mol. The van der Waals surface area contributed by atoms with Crippen LogP contribution >= 0.6 is 15.9 Å². The highest BCUT2D eigenvalue weighted by molar-refractivity contribution is 9.10. The van der Waals surface area contributed by atoms with Crippen molar-refractivity contribution in [1.29, 1.82) is 0 Å². The first-order chi connectivity index (χ1) is 6.33. The molecule has 72 valence electrons. The van der Waals surface area contributed by atoms with Crippen molar-refractivity contribution in [3.8, 4) is 0 Å². The van der Waals surface area contributed by atoms with Gasteiger partial charge in [-0.05, 0) is 28.4 Å². The molecule has 0 aliphatic carbocycles. The number of aromatic nitrogens is 1. The highest BCUT2D eigenvalue weighted by atomic mass is 79.9. The van der Waals surface area contributed by atoms with Crippen molar-refractivity contribution >= 4 is 21.6 Å². The van der Waals surface area contributed by atoms with Gasteiger partial charge in [-0.15, -0.1) is 0 Å². The van der Waals surface area contributed by atoms with Crippen molar-refractivity contribution in [2.45, 2.75) is 6.42 Å². The van der Waals surface area contributed by atoms with Crippen LogP contribution in [-0.2, 0) is 4.74 Å². The molecule has 0 spiro atoms. The Morgan fingerprint density at radius 2 is 2.38 bits per heavy atom. The van der Waals surface area contributed by atoms with Gasteiger partial charge in [-0.3, -0.25) is 4.98 Å². The lowest BCUT2D eigenvalue weighted by Gasteiger charge is -2.05. The molecule has 0 aromatic carbocycles. The van der Waals surface area contributed by atoms with E-state index in [0.717, 1.165) is 29.7 Å². The first kappa shape index (κ1) is 10.5. The normalized spacial score (nSPS) is 10.0.